The van der Waals surface area contributed by atoms with Gasteiger partial charge in [0.1, 0.15) is 0 Å². The second kappa shape index (κ2) is 9.55. The van der Waals surface area contributed by atoms with Crippen LogP contribution in [0.15, 0.2) is 18.5 Å². The Morgan fingerprint density at radius 3 is 2.57 bits per heavy atom. The lowest BCUT2D eigenvalue weighted by molar-refractivity contribution is -0.180. The van der Waals surface area contributed by atoms with Crippen molar-refractivity contribution in [1.29, 1.82) is 0 Å². The predicted octanol–water partition coefficient (Wildman–Crippen LogP) is 5.48. The number of hydrogen-bond acceptors (Lipinski definition) is 3. The molecule has 2 fully saturated rings. The molecular formula is C22H33F3N2O2S. The van der Waals surface area contributed by atoms with Gasteiger partial charge in [0.2, 0.25) is 10.0 Å². The van der Waals surface area contributed by atoms with Crippen LogP contribution < -0.4 is 4.72 Å². The molecule has 4 unspecified atom stereocenters. The molecule has 8 heteroatoms. The lowest BCUT2D eigenvalue weighted by Gasteiger charge is -2.37. The van der Waals surface area contributed by atoms with E-state index in [1.54, 1.807) is 6.20 Å². The van der Waals surface area contributed by atoms with Gasteiger partial charge in [-0.3, -0.25) is 4.98 Å². The van der Waals surface area contributed by atoms with Crippen LogP contribution in [0.25, 0.3) is 0 Å². The zero-order valence-corrected chi connectivity index (χ0v) is 18.6. The number of nitrogens with zero attached hydrogens (tertiary/aromatic N) is 1. The molecule has 1 aromatic heterocycles. The largest absolute Gasteiger partial charge is 0.393 e. The Labute approximate surface area is 178 Å². The molecule has 2 saturated carbocycles. The van der Waals surface area contributed by atoms with Gasteiger partial charge < -0.3 is 0 Å². The molecule has 3 rings (SSSR count). The summed E-state index contributed by atoms with van der Waals surface area (Å²) in [4.78, 5) is 4.15. The Morgan fingerprint density at radius 1 is 1.17 bits per heavy atom. The molecule has 0 amide bonds. The summed E-state index contributed by atoms with van der Waals surface area (Å²) in [5.41, 5.74) is 2.38. The summed E-state index contributed by atoms with van der Waals surface area (Å²) in [7, 11) is -4.05. The fraction of sp³-hybridized carbons (Fsp3) is 0.773. The molecule has 0 aromatic carbocycles. The smallest absolute Gasteiger partial charge is 0.264 e. The summed E-state index contributed by atoms with van der Waals surface area (Å²) in [5.74, 6) is -1.30. The Hall–Kier alpha value is -1.15. The lowest BCUT2D eigenvalue weighted by Crippen LogP contribution is -2.50. The summed E-state index contributed by atoms with van der Waals surface area (Å²) < 4.78 is 69.2. The number of aryl methyl sites for hydroxylation is 1. The summed E-state index contributed by atoms with van der Waals surface area (Å²) in [6, 6.07) is 1.71. The molecule has 5 atom stereocenters. The quantitative estimate of drug-likeness (QED) is 0.629. The molecule has 1 heterocycles. The third-order valence-electron chi connectivity index (χ3n) is 7.06. The number of pyridine rings is 1. The van der Waals surface area contributed by atoms with Crippen LogP contribution in [0.1, 0.15) is 81.8 Å². The van der Waals surface area contributed by atoms with Gasteiger partial charge in [-0.2, -0.15) is 13.2 Å². The van der Waals surface area contributed by atoms with Crippen LogP contribution in [0, 0.1) is 18.8 Å². The minimum Gasteiger partial charge on any atom is -0.264 e. The van der Waals surface area contributed by atoms with Crippen LogP contribution >= 0.6 is 0 Å². The summed E-state index contributed by atoms with van der Waals surface area (Å²) in [5, 5.41) is -1.37. The average Bonchev–Trinajstić information content (AvgIpc) is 2.72. The van der Waals surface area contributed by atoms with Crippen LogP contribution in [0.3, 0.4) is 0 Å². The van der Waals surface area contributed by atoms with Crippen LogP contribution in [0.4, 0.5) is 13.2 Å². The Kier molecular flexibility index (Phi) is 7.49. The number of halogens is 3. The Balaban J connectivity index is 1.74. The Bertz CT molecular complexity index is 813. The maximum atomic E-state index is 13.5. The fourth-order valence-corrected chi connectivity index (χ4v) is 7.63. The second-order valence-electron chi connectivity index (χ2n) is 9.00. The van der Waals surface area contributed by atoms with Gasteiger partial charge in [-0.05, 0) is 74.5 Å². The van der Waals surface area contributed by atoms with Gasteiger partial charge in [-0.1, -0.05) is 26.2 Å². The molecule has 170 valence electrons. The van der Waals surface area contributed by atoms with Crippen molar-refractivity contribution in [2.45, 2.75) is 95.0 Å². The molecule has 4 nitrogen and oxygen atoms in total. The molecule has 2 aliphatic rings. The lowest BCUT2D eigenvalue weighted by atomic mass is 9.74. The molecule has 2 aliphatic carbocycles. The molecule has 0 saturated heterocycles. The van der Waals surface area contributed by atoms with Crippen LogP contribution in [0.5, 0.6) is 0 Å². The van der Waals surface area contributed by atoms with Gasteiger partial charge in [0.05, 0.1) is 11.2 Å². The normalized spacial score (nSPS) is 29.5. The molecule has 0 aliphatic heterocycles. The second-order valence-corrected chi connectivity index (χ2v) is 10.9. The van der Waals surface area contributed by atoms with Gasteiger partial charge in [0.15, 0.2) is 0 Å². The van der Waals surface area contributed by atoms with Crippen molar-refractivity contribution in [1.82, 2.24) is 9.71 Å². The van der Waals surface area contributed by atoms with Crippen molar-refractivity contribution in [3.63, 3.8) is 0 Å². The van der Waals surface area contributed by atoms with E-state index in [1.807, 2.05) is 26.1 Å². The molecule has 1 N–H and O–H groups in total. The highest BCUT2D eigenvalue weighted by molar-refractivity contribution is 7.90. The van der Waals surface area contributed by atoms with Gasteiger partial charge in [-0.25, -0.2) is 13.1 Å². The molecular weight excluding hydrogens is 413 g/mol. The van der Waals surface area contributed by atoms with Gasteiger partial charge in [0, 0.05) is 18.4 Å². The van der Waals surface area contributed by atoms with Gasteiger partial charge in [0.25, 0.3) is 0 Å². The van der Waals surface area contributed by atoms with Gasteiger partial charge >= 0.3 is 6.18 Å². The van der Waals surface area contributed by atoms with Crippen molar-refractivity contribution in [2.24, 2.45) is 11.8 Å². The number of alkyl halides is 3. The number of aromatic nitrogens is 1. The monoisotopic (exact) mass is 446 g/mol. The number of sulfonamides is 1. The highest BCUT2D eigenvalue weighted by Crippen LogP contribution is 2.42. The topological polar surface area (TPSA) is 59.1 Å². The summed E-state index contributed by atoms with van der Waals surface area (Å²) >= 11 is 0. The maximum absolute atomic E-state index is 13.5. The first-order valence-corrected chi connectivity index (χ1v) is 12.7. The third kappa shape index (κ3) is 5.36. The number of hydrogen-bond donors (Lipinski definition) is 1. The standard InChI is InChI=1S/C22H33F3N2O2S/c1-3-20(17-8-6-7-16(13-17)18-11-12-26-14-15(18)2)27-30(28,29)21-10-5-4-9-19(21)22(23,24)25/h11-12,14,16-17,19-21,27H,3-10,13H2,1-2H3/t16?,17?,19?,20-,21?/m0/s1. The van der Waals surface area contributed by atoms with Crippen molar-refractivity contribution >= 4 is 10.0 Å². The Morgan fingerprint density at radius 2 is 1.90 bits per heavy atom. The van der Waals surface area contributed by atoms with Crippen molar-refractivity contribution < 1.29 is 21.6 Å². The maximum Gasteiger partial charge on any atom is 0.393 e. The number of rotatable bonds is 6. The molecule has 0 radical (unpaired) electrons. The van der Waals surface area contributed by atoms with Gasteiger partial charge in [-0.15, -0.1) is 0 Å². The highest BCUT2D eigenvalue weighted by atomic mass is 32.2. The predicted molar refractivity (Wildman–Crippen MR) is 112 cm³/mol. The summed E-state index contributed by atoms with van der Waals surface area (Å²) in [6.07, 6.45) is 4.46. The molecule has 0 spiro atoms. The van der Waals surface area contributed by atoms with E-state index in [9.17, 15) is 21.6 Å². The minimum atomic E-state index is -4.48. The first kappa shape index (κ1) is 23.5. The van der Waals surface area contributed by atoms with Crippen molar-refractivity contribution in [3.8, 4) is 0 Å². The summed E-state index contributed by atoms with van der Waals surface area (Å²) in [6.45, 7) is 3.95. The van der Waals surface area contributed by atoms with E-state index in [-0.39, 0.29) is 24.8 Å². The van der Waals surface area contributed by atoms with Crippen LogP contribution in [0.2, 0.25) is 0 Å². The third-order valence-corrected chi connectivity index (χ3v) is 9.06. The van der Waals surface area contributed by atoms with E-state index in [0.29, 0.717) is 25.2 Å². The van der Waals surface area contributed by atoms with Crippen molar-refractivity contribution in [3.05, 3.63) is 29.6 Å². The van der Waals surface area contributed by atoms with E-state index < -0.39 is 27.4 Å². The molecule has 30 heavy (non-hydrogen) atoms. The van der Waals surface area contributed by atoms with Crippen molar-refractivity contribution in [2.75, 3.05) is 0 Å². The zero-order chi connectivity index (χ0) is 21.9. The number of nitrogens with one attached hydrogen (secondary N) is 1. The molecule has 0 bridgehead atoms. The first-order chi connectivity index (χ1) is 14.1. The van der Waals surface area contributed by atoms with E-state index in [2.05, 4.69) is 9.71 Å². The first-order valence-electron chi connectivity index (χ1n) is 11.1. The zero-order valence-electron chi connectivity index (χ0n) is 17.8. The van der Waals surface area contributed by atoms with Crippen LogP contribution in [-0.4, -0.2) is 30.9 Å². The molecule has 1 aromatic rings. The van der Waals surface area contributed by atoms with E-state index in [0.717, 1.165) is 31.2 Å². The average molecular weight is 447 g/mol. The highest BCUT2D eigenvalue weighted by Gasteiger charge is 2.50. The van der Waals surface area contributed by atoms with E-state index in [4.69, 9.17) is 0 Å². The van der Waals surface area contributed by atoms with E-state index >= 15 is 0 Å². The van der Waals surface area contributed by atoms with E-state index in [1.165, 1.54) is 5.56 Å². The van der Waals surface area contributed by atoms with Crippen LogP contribution in [-0.2, 0) is 10.0 Å². The SMILES string of the molecule is CC[C@H](NS(=O)(=O)C1CCCCC1C(F)(F)F)C1CCCC(c2ccncc2C)C1. The fourth-order valence-electron chi connectivity index (χ4n) is 5.47. The minimum absolute atomic E-state index is 0.0828.